The highest BCUT2D eigenvalue weighted by Crippen LogP contribution is 2.35. The van der Waals surface area contributed by atoms with Crippen molar-refractivity contribution >= 4 is 24.8 Å². The second-order valence-corrected chi connectivity index (χ2v) is 4.94. The van der Waals surface area contributed by atoms with Crippen LogP contribution in [0.2, 0.25) is 0 Å². The Bertz CT molecular complexity index is 457. The Hall–Kier alpha value is -0.750. The second kappa shape index (κ2) is 10.1. The molecule has 0 spiro atoms. The van der Waals surface area contributed by atoms with Crippen molar-refractivity contribution in [2.45, 2.75) is 19.4 Å². The first-order valence-corrected chi connectivity index (χ1v) is 7.07. The predicted octanol–water partition coefficient (Wildman–Crippen LogP) is 3.04. The van der Waals surface area contributed by atoms with Gasteiger partial charge in [0, 0.05) is 43.9 Å². The van der Waals surface area contributed by atoms with E-state index in [9.17, 15) is 4.39 Å². The maximum absolute atomic E-state index is 14.4. The average molecular weight is 355 g/mol. The number of ether oxygens (including phenoxy) is 2. The molecule has 1 heterocycles. The number of hydrogen-bond donors (Lipinski definition) is 1. The number of benzene rings is 1. The normalized spacial score (nSPS) is 16.2. The van der Waals surface area contributed by atoms with Crippen molar-refractivity contribution in [2.75, 3.05) is 40.4 Å². The summed E-state index contributed by atoms with van der Waals surface area (Å²) in [6.07, 6.45) is 0.867. The van der Waals surface area contributed by atoms with Crippen LogP contribution in [0.25, 0.3) is 0 Å². The van der Waals surface area contributed by atoms with Crippen LogP contribution in [0.1, 0.15) is 24.9 Å². The van der Waals surface area contributed by atoms with Crippen LogP contribution in [0, 0.1) is 5.82 Å². The molecule has 1 aliphatic rings. The van der Waals surface area contributed by atoms with Gasteiger partial charge in [0.05, 0.1) is 14.2 Å². The van der Waals surface area contributed by atoms with Gasteiger partial charge < -0.3 is 14.8 Å². The fourth-order valence-electron chi connectivity index (χ4n) is 2.79. The Labute approximate surface area is 144 Å². The lowest BCUT2D eigenvalue weighted by atomic mass is 10.0. The summed E-state index contributed by atoms with van der Waals surface area (Å²) in [5.41, 5.74) is 0.687. The Morgan fingerprint density at radius 2 is 1.68 bits per heavy atom. The summed E-state index contributed by atoms with van der Waals surface area (Å²) in [6.45, 7) is 5.86. The molecule has 128 valence electrons. The van der Waals surface area contributed by atoms with Gasteiger partial charge in [0.2, 0.25) is 0 Å². The van der Waals surface area contributed by atoms with Gasteiger partial charge in [-0.25, -0.2) is 4.39 Å². The van der Waals surface area contributed by atoms with Gasteiger partial charge in [-0.05, 0) is 12.5 Å². The Balaban J connectivity index is 0.00000220. The van der Waals surface area contributed by atoms with E-state index in [0.29, 0.717) is 17.1 Å². The van der Waals surface area contributed by atoms with Crippen LogP contribution in [0.4, 0.5) is 4.39 Å². The molecule has 1 aromatic rings. The molecule has 2 rings (SSSR count). The fraction of sp³-hybridized carbons (Fsp3) is 0.600. The monoisotopic (exact) mass is 354 g/mol. The summed E-state index contributed by atoms with van der Waals surface area (Å²) in [6, 6.07) is 3.26. The molecule has 0 amide bonds. The van der Waals surface area contributed by atoms with Gasteiger partial charge in [-0.3, -0.25) is 4.90 Å². The lowest BCUT2D eigenvalue weighted by molar-refractivity contribution is 0.166. The van der Waals surface area contributed by atoms with Crippen LogP contribution in [0.5, 0.6) is 11.5 Å². The highest BCUT2D eigenvalue weighted by Gasteiger charge is 2.24. The second-order valence-electron chi connectivity index (χ2n) is 4.94. The number of rotatable bonds is 5. The summed E-state index contributed by atoms with van der Waals surface area (Å²) >= 11 is 0. The van der Waals surface area contributed by atoms with Gasteiger partial charge >= 0.3 is 0 Å². The maximum atomic E-state index is 14.4. The molecule has 1 N–H and O–H groups in total. The topological polar surface area (TPSA) is 33.7 Å². The van der Waals surface area contributed by atoms with Gasteiger partial charge in [-0.15, -0.1) is 24.8 Å². The molecule has 4 nitrogen and oxygen atoms in total. The zero-order valence-corrected chi connectivity index (χ0v) is 14.9. The highest BCUT2D eigenvalue weighted by molar-refractivity contribution is 5.85. The zero-order chi connectivity index (χ0) is 14.5. The minimum atomic E-state index is -0.229. The number of nitrogens with one attached hydrogen (secondary N) is 1. The number of hydrogen-bond acceptors (Lipinski definition) is 4. The molecule has 1 atom stereocenters. The van der Waals surface area contributed by atoms with Crippen LogP contribution >= 0.6 is 24.8 Å². The van der Waals surface area contributed by atoms with Gasteiger partial charge in [0.25, 0.3) is 0 Å². The molecule has 0 saturated carbocycles. The summed E-state index contributed by atoms with van der Waals surface area (Å²) < 4.78 is 24.8. The standard InChI is InChI=1S/C15H23FN2O2.2ClH/c1-4-13(18-7-5-17-6-8-18)11-9-14(19-2)15(20-3)10-12(11)16;;/h9-10,13,17H,4-8H2,1-3H3;2*1H/t13-;;/m1../s1. The molecular weight excluding hydrogens is 330 g/mol. The van der Waals surface area contributed by atoms with E-state index in [-0.39, 0.29) is 36.7 Å². The molecule has 1 saturated heterocycles. The van der Waals surface area contributed by atoms with Crippen molar-refractivity contribution in [3.63, 3.8) is 0 Å². The molecule has 0 radical (unpaired) electrons. The van der Waals surface area contributed by atoms with Crippen LogP contribution in [-0.2, 0) is 0 Å². The number of methoxy groups -OCH3 is 2. The van der Waals surface area contributed by atoms with Crippen LogP contribution in [0.3, 0.4) is 0 Å². The molecular formula is C15H25Cl2FN2O2. The molecule has 1 fully saturated rings. The van der Waals surface area contributed by atoms with Crippen molar-refractivity contribution in [3.05, 3.63) is 23.5 Å². The lowest BCUT2D eigenvalue weighted by Gasteiger charge is -2.35. The average Bonchev–Trinajstić information content (AvgIpc) is 2.50. The van der Waals surface area contributed by atoms with E-state index in [1.54, 1.807) is 13.2 Å². The quantitative estimate of drug-likeness (QED) is 0.880. The minimum Gasteiger partial charge on any atom is -0.493 e. The molecule has 0 aromatic heterocycles. The Morgan fingerprint density at radius 1 is 1.14 bits per heavy atom. The molecule has 0 unspecified atom stereocenters. The molecule has 1 aliphatic heterocycles. The molecule has 7 heteroatoms. The summed E-state index contributed by atoms with van der Waals surface area (Å²) in [4.78, 5) is 2.32. The van der Waals surface area contributed by atoms with Crippen LogP contribution < -0.4 is 14.8 Å². The third-order valence-electron chi connectivity index (χ3n) is 3.84. The fourth-order valence-corrected chi connectivity index (χ4v) is 2.79. The number of piperazine rings is 1. The van der Waals surface area contributed by atoms with Gasteiger partial charge in [0.1, 0.15) is 5.82 Å². The van der Waals surface area contributed by atoms with Gasteiger partial charge in [0.15, 0.2) is 11.5 Å². The van der Waals surface area contributed by atoms with E-state index < -0.39 is 0 Å². The third kappa shape index (κ3) is 4.62. The Kier molecular flexibility index (Phi) is 9.76. The van der Waals surface area contributed by atoms with Gasteiger partial charge in [-0.1, -0.05) is 6.92 Å². The first-order chi connectivity index (χ1) is 9.71. The summed E-state index contributed by atoms with van der Waals surface area (Å²) in [5, 5.41) is 3.32. The molecule has 1 aromatic carbocycles. The van der Waals surface area contributed by atoms with Crippen molar-refractivity contribution in [1.29, 1.82) is 0 Å². The van der Waals surface area contributed by atoms with E-state index >= 15 is 0 Å². The largest absolute Gasteiger partial charge is 0.493 e. The van der Waals surface area contributed by atoms with Crippen LogP contribution in [0.15, 0.2) is 12.1 Å². The van der Waals surface area contributed by atoms with Crippen molar-refractivity contribution in [3.8, 4) is 11.5 Å². The highest BCUT2D eigenvalue weighted by atomic mass is 35.5. The van der Waals surface area contributed by atoms with E-state index in [0.717, 1.165) is 32.6 Å². The maximum Gasteiger partial charge on any atom is 0.163 e. The SMILES string of the molecule is CC[C@H](c1cc(OC)c(OC)cc1F)N1CCNCC1.Cl.Cl. The molecule has 0 bridgehead atoms. The van der Waals surface area contributed by atoms with E-state index in [1.165, 1.54) is 13.2 Å². The summed E-state index contributed by atoms with van der Waals surface area (Å²) in [5.74, 6) is 0.787. The first kappa shape index (κ1) is 21.2. The predicted molar refractivity (Wildman–Crippen MR) is 91.5 cm³/mol. The van der Waals surface area contributed by atoms with Gasteiger partial charge in [-0.2, -0.15) is 0 Å². The number of halogens is 3. The van der Waals surface area contributed by atoms with Crippen LogP contribution in [-0.4, -0.2) is 45.3 Å². The molecule has 22 heavy (non-hydrogen) atoms. The number of nitrogens with zero attached hydrogens (tertiary/aromatic N) is 1. The smallest absolute Gasteiger partial charge is 0.163 e. The minimum absolute atomic E-state index is 0. The zero-order valence-electron chi connectivity index (χ0n) is 13.2. The lowest BCUT2D eigenvalue weighted by Crippen LogP contribution is -2.45. The van der Waals surface area contributed by atoms with E-state index in [4.69, 9.17) is 9.47 Å². The molecule has 0 aliphatic carbocycles. The summed E-state index contributed by atoms with van der Waals surface area (Å²) in [7, 11) is 3.09. The Morgan fingerprint density at radius 3 is 2.18 bits per heavy atom. The van der Waals surface area contributed by atoms with Crippen molar-refractivity contribution in [1.82, 2.24) is 10.2 Å². The van der Waals surface area contributed by atoms with E-state index in [2.05, 4.69) is 17.1 Å². The first-order valence-electron chi connectivity index (χ1n) is 7.07. The van der Waals surface area contributed by atoms with Crippen molar-refractivity contribution in [2.24, 2.45) is 0 Å². The van der Waals surface area contributed by atoms with E-state index in [1.807, 2.05) is 0 Å². The third-order valence-corrected chi connectivity index (χ3v) is 3.84. The van der Waals surface area contributed by atoms with Crippen molar-refractivity contribution < 1.29 is 13.9 Å².